The quantitative estimate of drug-likeness (QED) is 0.415. The zero-order valence-corrected chi connectivity index (χ0v) is 18.9. The van der Waals surface area contributed by atoms with Gasteiger partial charge >= 0.3 is 0 Å². The summed E-state index contributed by atoms with van der Waals surface area (Å²) in [4.78, 5) is 0.227. The van der Waals surface area contributed by atoms with Crippen molar-refractivity contribution in [1.29, 1.82) is 0 Å². The second-order valence-corrected chi connectivity index (χ2v) is 10.0. The van der Waals surface area contributed by atoms with Crippen LogP contribution in [0.15, 0.2) is 89.3 Å². The van der Waals surface area contributed by atoms with Crippen LogP contribution in [0.5, 0.6) is 0 Å². The molecule has 0 aliphatic carbocycles. The highest BCUT2D eigenvalue weighted by molar-refractivity contribution is 7.89. The summed E-state index contributed by atoms with van der Waals surface area (Å²) < 4.78 is 44.5. The third kappa shape index (κ3) is 4.05. The zero-order valence-electron chi connectivity index (χ0n) is 17.3. The van der Waals surface area contributed by atoms with Gasteiger partial charge in [0.15, 0.2) is 0 Å². The molecule has 160 valence electrons. The SMILES string of the molecule is CC1=CC[C@@H](c2ccc(Cl)cc2)N(S(=O)(=O)c2ccccc2C)[C@H]1c1ccccc1F. The van der Waals surface area contributed by atoms with Gasteiger partial charge in [-0.2, -0.15) is 4.31 Å². The van der Waals surface area contributed by atoms with Crippen molar-refractivity contribution >= 4 is 21.6 Å². The minimum Gasteiger partial charge on any atom is -0.207 e. The van der Waals surface area contributed by atoms with Gasteiger partial charge in [0, 0.05) is 10.6 Å². The molecule has 0 N–H and O–H groups in total. The Kier molecular flexibility index (Phi) is 6.02. The monoisotopic (exact) mass is 455 g/mol. The van der Waals surface area contributed by atoms with Gasteiger partial charge in [-0.1, -0.05) is 71.8 Å². The molecule has 3 nitrogen and oxygen atoms in total. The first-order valence-corrected chi connectivity index (χ1v) is 11.9. The van der Waals surface area contributed by atoms with E-state index in [4.69, 9.17) is 11.6 Å². The summed E-state index contributed by atoms with van der Waals surface area (Å²) in [5.74, 6) is -0.429. The highest BCUT2D eigenvalue weighted by Gasteiger charge is 2.42. The fourth-order valence-corrected chi connectivity index (χ4v) is 6.39. The predicted molar refractivity (Wildman–Crippen MR) is 122 cm³/mol. The largest absolute Gasteiger partial charge is 0.244 e. The van der Waals surface area contributed by atoms with E-state index in [9.17, 15) is 12.8 Å². The molecular formula is C25H23ClFNO2S. The van der Waals surface area contributed by atoms with Crippen molar-refractivity contribution in [2.45, 2.75) is 37.2 Å². The van der Waals surface area contributed by atoms with E-state index in [-0.39, 0.29) is 4.90 Å². The maximum Gasteiger partial charge on any atom is 0.244 e. The van der Waals surface area contributed by atoms with E-state index >= 15 is 0 Å². The highest BCUT2D eigenvalue weighted by atomic mass is 35.5. The van der Waals surface area contributed by atoms with Crippen molar-refractivity contribution in [3.05, 3.63) is 112 Å². The number of benzene rings is 3. The molecule has 0 fully saturated rings. The van der Waals surface area contributed by atoms with E-state index in [0.717, 1.165) is 11.1 Å². The number of rotatable bonds is 4. The molecule has 0 saturated heterocycles. The lowest BCUT2D eigenvalue weighted by atomic mass is 9.90. The standard InChI is InChI=1S/C25H23ClFNO2S/c1-17-7-3-6-10-24(17)31(29,30)28-23(19-12-14-20(26)15-13-19)16-11-18(2)25(28)21-8-4-5-9-22(21)27/h3-15,23,25H,16H2,1-2H3/t23-,25+/m0/s1. The Bertz CT molecular complexity index is 1240. The van der Waals surface area contributed by atoms with Crippen LogP contribution in [0, 0.1) is 12.7 Å². The van der Waals surface area contributed by atoms with Gasteiger partial charge in [0.2, 0.25) is 10.0 Å². The van der Waals surface area contributed by atoms with Gasteiger partial charge in [-0.15, -0.1) is 0 Å². The first kappa shape index (κ1) is 21.8. The van der Waals surface area contributed by atoms with Gasteiger partial charge in [0.25, 0.3) is 0 Å². The van der Waals surface area contributed by atoms with Crippen LogP contribution in [0.3, 0.4) is 0 Å². The second-order valence-electron chi connectivity index (χ2n) is 7.78. The predicted octanol–water partition coefficient (Wildman–Crippen LogP) is 6.61. The van der Waals surface area contributed by atoms with Crippen LogP contribution in [0.4, 0.5) is 4.39 Å². The Hall–Kier alpha value is -2.47. The lowest BCUT2D eigenvalue weighted by molar-refractivity contribution is 0.257. The Labute approximate surface area is 187 Å². The van der Waals surface area contributed by atoms with E-state index in [1.165, 1.54) is 10.4 Å². The minimum absolute atomic E-state index is 0.227. The van der Waals surface area contributed by atoms with Crippen molar-refractivity contribution in [2.75, 3.05) is 0 Å². The minimum atomic E-state index is -3.95. The van der Waals surface area contributed by atoms with Gasteiger partial charge in [0.05, 0.1) is 17.0 Å². The molecule has 3 aromatic carbocycles. The molecule has 2 atom stereocenters. The van der Waals surface area contributed by atoms with E-state index in [1.54, 1.807) is 61.5 Å². The van der Waals surface area contributed by atoms with E-state index in [0.29, 0.717) is 22.6 Å². The van der Waals surface area contributed by atoms with Gasteiger partial charge in [-0.25, -0.2) is 12.8 Å². The number of aryl methyl sites for hydroxylation is 1. The Balaban J connectivity index is 1.96. The molecule has 0 amide bonds. The summed E-state index contributed by atoms with van der Waals surface area (Å²) in [6, 6.07) is 19.2. The molecule has 0 unspecified atom stereocenters. The molecule has 1 aliphatic rings. The maximum absolute atomic E-state index is 14.9. The van der Waals surface area contributed by atoms with Crippen LogP contribution in [0.2, 0.25) is 5.02 Å². The van der Waals surface area contributed by atoms with Crippen LogP contribution < -0.4 is 0 Å². The van der Waals surface area contributed by atoms with E-state index < -0.39 is 27.9 Å². The third-order valence-corrected chi connectivity index (χ3v) is 8.05. The topological polar surface area (TPSA) is 37.4 Å². The number of sulfonamides is 1. The number of hydrogen-bond acceptors (Lipinski definition) is 2. The summed E-state index contributed by atoms with van der Waals surface area (Å²) in [7, 11) is -3.95. The Morgan fingerprint density at radius 1 is 0.935 bits per heavy atom. The average Bonchev–Trinajstić information content (AvgIpc) is 2.75. The van der Waals surface area contributed by atoms with Gasteiger partial charge in [0.1, 0.15) is 5.82 Å². The molecule has 0 saturated carbocycles. The van der Waals surface area contributed by atoms with E-state index in [2.05, 4.69) is 0 Å². The molecule has 1 aliphatic heterocycles. The Morgan fingerprint density at radius 3 is 2.26 bits per heavy atom. The maximum atomic E-state index is 14.9. The van der Waals surface area contributed by atoms with Gasteiger partial charge in [-0.05, 0) is 55.7 Å². The summed E-state index contributed by atoms with van der Waals surface area (Å²) >= 11 is 6.07. The first-order valence-electron chi connectivity index (χ1n) is 10.1. The zero-order chi connectivity index (χ0) is 22.2. The third-order valence-electron chi connectivity index (χ3n) is 5.76. The molecular weight excluding hydrogens is 433 g/mol. The molecule has 1 heterocycles. The molecule has 3 aromatic rings. The van der Waals surface area contributed by atoms with Gasteiger partial charge in [-0.3, -0.25) is 0 Å². The molecule has 0 bridgehead atoms. The normalized spacial score (nSPS) is 19.8. The molecule has 6 heteroatoms. The van der Waals surface area contributed by atoms with Crippen LogP contribution in [-0.2, 0) is 10.0 Å². The number of hydrogen-bond donors (Lipinski definition) is 0. The molecule has 0 aromatic heterocycles. The summed E-state index contributed by atoms with van der Waals surface area (Å²) in [6.07, 6.45) is 2.49. The van der Waals surface area contributed by atoms with Crippen LogP contribution in [0.25, 0.3) is 0 Å². The van der Waals surface area contributed by atoms with Crippen molar-refractivity contribution in [1.82, 2.24) is 4.31 Å². The Morgan fingerprint density at radius 2 is 1.58 bits per heavy atom. The van der Waals surface area contributed by atoms with Crippen LogP contribution in [0.1, 0.15) is 42.1 Å². The molecule has 0 radical (unpaired) electrons. The summed E-state index contributed by atoms with van der Waals surface area (Å²) in [5.41, 5.74) is 2.60. The second kappa shape index (κ2) is 8.58. The fourth-order valence-electron chi connectivity index (χ4n) is 4.21. The highest BCUT2D eigenvalue weighted by Crippen LogP contribution is 2.46. The fraction of sp³-hybridized carbons (Fsp3) is 0.200. The summed E-state index contributed by atoms with van der Waals surface area (Å²) in [5, 5.41) is 0.574. The van der Waals surface area contributed by atoms with Crippen molar-refractivity contribution in [2.24, 2.45) is 0 Å². The van der Waals surface area contributed by atoms with Crippen molar-refractivity contribution in [3.8, 4) is 0 Å². The smallest absolute Gasteiger partial charge is 0.207 e. The molecule has 31 heavy (non-hydrogen) atoms. The van der Waals surface area contributed by atoms with E-state index in [1.807, 2.05) is 25.1 Å². The van der Waals surface area contributed by atoms with Gasteiger partial charge < -0.3 is 0 Å². The molecule has 4 rings (SSSR count). The summed E-state index contributed by atoms with van der Waals surface area (Å²) in [6.45, 7) is 3.63. The van der Waals surface area contributed by atoms with Crippen LogP contribution >= 0.6 is 11.6 Å². The molecule has 0 spiro atoms. The number of nitrogens with zero attached hydrogens (tertiary/aromatic N) is 1. The average molecular weight is 456 g/mol. The first-order chi connectivity index (χ1) is 14.8. The lowest BCUT2D eigenvalue weighted by Gasteiger charge is -2.41. The van der Waals surface area contributed by atoms with Crippen molar-refractivity contribution in [3.63, 3.8) is 0 Å². The number of halogens is 2. The van der Waals surface area contributed by atoms with Crippen LogP contribution in [-0.4, -0.2) is 12.7 Å². The van der Waals surface area contributed by atoms with Crippen molar-refractivity contribution < 1.29 is 12.8 Å². The lowest BCUT2D eigenvalue weighted by Crippen LogP contribution is -2.41.